The van der Waals surface area contributed by atoms with Crippen LogP contribution in [-0.4, -0.2) is 36.1 Å². The molecule has 1 aromatic rings. The molecule has 106 valence electrons. The number of nitrogens with zero attached hydrogens (tertiary/aromatic N) is 2. The Balaban J connectivity index is 1.62. The average Bonchev–Trinajstić information content (AvgIpc) is 3.01. The Labute approximate surface area is 120 Å². The number of hydrogen-bond donors (Lipinski definition) is 1. The lowest BCUT2D eigenvalue weighted by molar-refractivity contribution is 0.268. The van der Waals surface area contributed by atoms with Gasteiger partial charge in [0.25, 0.3) is 0 Å². The number of nitrogens with one attached hydrogen (secondary N) is 1. The summed E-state index contributed by atoms with van der Waals surface area (Å²) in [7, 11) is 0. The second-order valence-electron chi connectivity index (χ2n) is 7.26. The van der Waals surface area contributed by atoms with Crippen LogP contribution in [0.15, 0.2) is 5.38 Å². The number of aromatic nitrogens is 1. The van der Waals surface area contributed by atoms with Crippen LogP contribution < -0.4 is 5.32 Å². The summed E-state index contributed by atoms with van der Waals surface area (Å²) in [5, 5.41) is 7.04. The van der Waals surface area contributed by atoms with Gasteiger partial charge in [-0.05, 0) is 31.3 Å². The van der Waals surface area contributed by atoms with E-state index in [1.165, 1.54) is 49.7 Å². The van der Waals surface area contributed by atoms with Crippen molar-refractivity contribution in [2.75, 3.05) is 26.2 Å². The molecule has 1 N–H and O–H groups in total. The SMILES string of the molecule is CC(C)(C)c1csc(CN2CCC3(CCNC3)C2)n1. The van der Waals surface area contributed by atoms with Gasteiger partial charge >= 0.3 is 0 Å². The Hall–Kier alpha value is -0.450. The minimum Gasteiger partial charge on any atom is -0.316 e. The topological polar surface area (TPSA) is 28.2 Å². The van der Waals surface area contributed by atoms with E-state index in [1.54, 1.807) is 0 Å². The van der Waals surface area contributed by atoms with E-state index in [4.69, 9.17) is 4.98 Å². The minimum atomic E-state index is 0.177. The molecule has 3 nitrogen and oxygen atoms in total. The van der Waals surface area contributed by atoms with Gasteiger partial charge in [0.1, 0.15) is 5.01 Å². The summed E-state index contributed by atoms with van der Waals surface area (Å²) >= 11 is 1.83. The molecular weight excluding hydrogens is 254 g/mol. The largest absolute Gasteiger partial charge is 0.316 e. The Morgan fingerprint density at radius 3 is 2.89 bits per heavy atom. The van der Waals surface area contributed by atoms with E-state index in [-0.39, 0.29) is 5.41 Å². The Bertz CT molecular complexity index is 440. The van der Waals surface area contributed by atoms with E-state index in [0.29, 0.717) is 5.41 Å². The molecule has 0 bridgehead atoms. The smallest absolute Gasteiger partial charge is 0.107 e. The summed E-state index contributed by atoms with van der Waals surface area (Å²) in [6.45, 7) is 12.7. The fourth-order valence-electron chi connectivity index (χ4n) is 3.23. The van der Waals surface area contributed by atoms with Crippen molar-refractivity contribution in [2.45, 2.75) is 45.6 Å². The quantitative estimate of drug-likeness (QED) is 0.902. The molecular formula is C15H25N3S. The molecule has 0 amide bonds. The normalized spacial score (nSPS) is 28.6. The highest BCUT2D eigenvalue weighted by molar-refractivity contribution is 7.09. The van der Waals surface area contributed by atoms with Crippen molar-refractivity contribution in [1.82, 2.24) is 15.2 Å². The van der Waals surface area contributed by atoms with E-state index in [2.05, 4.69) is 36.4 Å². The molecule has 2 aliphatic heterocycles. The Morgan fingerprint density at radius 2 is 2.26 bits per heavy atom. The molecule has 1 spiro atoms. The fraction of sp³-hybridized carbons (Fsp3) is 0.800. The van der Waals surface area contributed by atoms with Crippen LogP contribution in [0.2, 0.25) is 0 Å². The van der Waals surface area contributed by atoms with Gasteiger partial charge in [-0.25, -0.2) is 4.98 Å². The van der Waals surface area contributed by atoms with Gasteiger partial charge in [0.2, 0.25) is 0 Å². The number of hydrogen-bond acceptors (Lipinski definition) is 4. The summed E-state index contributed by atoms with van der Waals surface area (Å²) in [5.74, 6) is 0. The lowest BCUT2D eigenvalue weighted by atomic mass is 9.87. The molecule has 0 radical (unpaired) electrons. The maximum atomic E-state index is 4.82. The molecule has 3 rings (SSSR count). The van der Waals surface area contributed by atoms with Crippen molar-refractivity contribution in [3.8, 4) is 0 Å². The maximum absolute atomic E-state index is 4.82. The summed E-state index contributed by atoms with van der Waals surface area (Å²) in [5.41, 5.74) is 1.99. The summed E-state index contributed by atoms with van der Waals surface area (Å²) in [6.07, 6.45) is 2.71. The molecule has 19 heavy (non-hydrogen) atoms. The highest BCUT2D eigenvalue weighted by atomic mass is 32.1. The monoisotopic (exact) mass is 279 g/mol. The second-order valence-corrected chi connectivity index (χ2v) is 8.21. The van der Waals surface area contributed by atoms with Gasteiger partial charge in [0.05, 0.1) is 12.2 Å². The highest BCUT2D eigenvalue weighted by Crippen LogP contribution is 2.36. The summed E-state index contributed by atoms with van der Waals surface area (Å²) < 4.78 is 0. The fourth-order valence-corrected chi connectivity index (χ4v) is 4.29. The Kier molecular flexibility index (Phi) is 3.44. The highest BCUT2D eigenvalue weighted by Gasteiger charge is 2.40. The zero-order chi connectivity index (χ0) is 13.5. The second kappa shape index (κ2) is 4.83. The first-order chi connectivity index (χ1) is 8.97. The van der Waals surface area contributed by atoms with Crippen molar-refractivity contribution in [1.29, 1.82) is 0 Å². The number of thiazole rings is 1. The molecule has 2 fully saturated rings. The molecule has 0 aliphatic carbocycles. The van der Waals surface area contributed by atoms with Gasteiger partial charge < -0.3 is 5.32 Å². The van der Waals surface area contributed by atoms with E-state index in [0.717, 1.165) is 6.54 Å². The number of likely N-dealkylation sites (tertiary alicyclic amines) is 1. The molecule has 1 unspecified atom stereocenters. The van der Waals surface area contributed by atoms with Crippen molar-refractivity contribution in [2.24, 2.45) is 5.41 Å². The summed E-state index contributed by atoms with van der Waals surface area (Å²) in [6, 6.07) is 0. The van der Waals surface area contributed by atoms with E-state index >= 15 is 0 Å². The van der Waals surface area contributed by atoms with E-state index in [1.807, 2.05) is 11.3 Å². The lowest BCUT2D eigenvalue weighted by Crippen LogP contribution is -2.29. The predicted molar refractivity (Wildman–Crippen MR) is 80.6 cm³/mol. The van der Waals surface area contributed by atoms with Crippen LogP contribution in [0.1, 0.15) is 44.3 Å². The maximum Gasteiger partial charge on any atom is 0.107 e. The molecule has 0 aromatic carbocycles. The molecule has 2 aliphatic rings. The third-order valence-electron chi connectivity index (χ3n) is 4.53. The minimum absolute atomic E-state index is 0.177. The molecule has 1 aromatic heterocycles. The van der Waals surface area contributed by atoms with Gasteiger partial charge in [-0.2, -0.15) is 0 Å². The van der Waals surface area contributed by atoms with Crippen LogP contribution in [0, 0.1) is 5.41 Å². The number of rotatable bonds is 2. The van der Waals surface area contributed by atoms with Crippen molar-refractivity contribution in [3.63, 3.8) is 0 Å². The van der Waals surface area contributed by atoms with E-state index < -0.39 is 0 Å². The third-order valence-corrected chi connectivity index (χ3v) is 5.36. The first kappa shape index (κ1) is 13.5. The first-order valence-corrected chi connectivity index (χ1v) is 8.23. The van der Waals surface area contributed by atoms with E-state index in [9.17, 15) is 0 Å². The van der Waals surface area contributed by atoms with Crippen LogP contribution in [0.4, 0.5) is 0 Å². The standard InChI is InChI=1S/C15H25N3S/c1-14(2,3)12-9-19-13(17-12)8-18-7-5-15(11-18)4-6-16-10-15/h9,16H,4-8,10-11H2,1-3H3. The average molecular weight is 279 g/mol. The third kappa shape index (κ3) is 2.86. The van der Waals surface area contributed by atoms with Crippen molar-refractivity contribution in [3.05, 3.63) is 16.1 Å². The molecule has 3 heterocycles. The first-order valence-electron chi connectivity index (χ1n) is 7.35. The molecule has 0 saturated carbocycles. The lowest BCUT2D eigenvalue weighted by Gasteiger charge is -2.22. The zero-order valence-electron chi connectivity index (χ0n) is 12.3. The van der Waals surface area contributed by atoms with Crippen LogP contribution in [-0.2, 0) is 12.0 Å². The van der Waals surface area contributed by atoms with Crippen LogP contribution in [0.3, 0.4) is 0 Å². The Morgan fingerprint density at radius 1 is 1.42 bits per heavy atom. The van der Waals surface area contributed by atoms with Gasteiger partial charge in [0.15, 0.2) is 0 Å². The summed E-state index contributed by atoms with van der Waals surface area (Å²) in [4.78, 5) is 7.42. The van der Waals surface area contributed by atoms with Crippen LogP contribution >= 0.6 is 11.3 Å². The van der Waals surface area contributed by atoms with Crippen molar-refractivity contribution >= 4 is 11.3 Å². The molecule has 2 saturated heterocycles. The zero-order valence-corrected chi connectivity index (χ0v) is 13.1. The predicted octanol–water partition coefficient (Wildman–Crippen LogP) is 2.63. The molecule has 4 heteroatoms. The van der Waals surface area contributed by atoms with Crippen LogP contribution in [0.5, 0.6) is 0 Å². The van der Waals surface area contributed by atoms with Gasteiger partial charge in [0, 0.05) is 23.9 Å². The van der Waals surface area contributed by atoms with Gasteiger partial charge in [-0.1, -0.05) is 20.8 Å². The van der Waals surface area contributed by atoms with Gasteiger partial charge in [-0.3, -0.25) is 4.90 Å². The van der Waals surface area contributed by atoms with Crippen LogP contribution in [0.25, 0.3) is 0 Å². The van der Waals surface area contributed by atoms with Gasteiger partial charge in [-0.15, -0.1) is 11.3 Å². The molecule has 1 atom stereocenters. The van der Waals surface area contributed by atoms with Crippen molar-refractivity contribution < 1.29 is 0 Å².